The van der Waals surface area contributed by atoms with Crippen LogP contribution in [0.4, 0.5) is 0 Å². The molecule has 31 heavy (non-hydrogen) atoms. The molecule has 1 atom stereocenters. The number of rotatable bonds is 10. The highest BCUT2D eigenvalue weighted by Crippen LogP contribution is 2.30. The first-order valence-corrected chi connectivity index (χ1v) is 11.1. The number of carboxylic acids is 1. The van der Waals surface area contributed by atoms with Gasteiger partial charge in [-0.3, -0.25) is 14.4 Å². The second kappa shape index (κ2) is 9.25. The van der Waals surface area contributed by atoms with Crippen LogP contribution in [0.1, 0.15) is 60.7 Å². The number of aliphatic carboxylic acids is 1. The lowest BCUT2D eigenvalue weighted by Crippen LogP contribution is -2.31. The normalized spacial score (nSPS) is 15.5. The van der Waals surface area contributed by atoms with E-state index in [1.807, 2.05) is 0 Å². The number of unbranched alkanes of at least 4 members (excludes halogenated alkanes) is 1. The zero-order valence-electron chi connectivity index (χ0n) is 16.8. The molecule has 0 aliphatic carbocycles. The number of carboxylic acid groups (broad SMARTS) is 1. The van der Waals surface area contributed by atoms with Crippen LogP contribution >= 0.6 is 0 Å². The molecule has 1 aliphatic heterocycles. The molecule has 0 unspecified atom stereocenters. The summed E-state index contributed by atoms with van der Waals surface area (Å²) in [5.74, 6) is -1.41. The quantitative estimate of drug-likeness (QED) is 0.508. The molecule has 0 bridgehead atoms. The van der Waals surface area contributed by atoms with Gasteiger partial charge in [0.05, 0.1) is 18.0 Å². The molecule has 2 heterocycles. The molecule has 2 amide bonds. The largest absolute Gasteiger partial charge is 0.481 e. The Bertz CT molecular complexity index is 1100. The van der Waals surface area contributed by atoms with Gasteiger partial charge in [0, 0.05) is 19.4 Å². The molecule has 12 heteroatoms. The van der Waals surface area contributed by atoms with E-state index in [-0.39, 0.29) is 53.9 Å². The van der Waals surface area contributed by atoms with Crippen LogP contribution in [0.25, 0.3) is 0 Å². The smallest absolute Gasteiger partial charge is 0.303 e. The molecule has 0 saturated carbocycles. The lowest BCUT2D eigenvalue weighted by Gasteiger charge is -2.15. The third-order valence-electron chi connectivity index (χ3n) is 4.73. The SMILES string of the molecule is C[C@H](NC(=O)CCCCN1C(=O)c2ccccc2S1(=O)=O)c1noc(CCC(=O)O)n1. The second-order valence-electron chi connectivity index (χ2n) is 7.06. The number of hydrogen-bond donors (Lipinski definition) is 2. The van der Waals surface area contributed by atoms with Gasteiger partial charge in [0.15, 0.2) is 5.82 Å². The van der Waals surface area contributed by atoms with Crippen LogP contribution in [-0.4, -0.2) is 52.3 Å². The lowest BCUT2D eigenvalue weighted by atomic mass is 10.2. The first kappa shape index (κ1) is 22.4. The third-order valence-corrected chi connectivity index (χ3v) is 6.57. The number of aromatic nitrogens is 2. The predicted molar refractivity (Wildman–Crippen MR) is 105 cm³/mol. The highest BCUT2D eigenvalue weighted by Gasteiger charge is 2.40. The first-order valence-electron chi connectivity index (χ1n) is 9.70. The number of nitrogens with one attached hydrogen (secondary N) is 1. The van der Waals surface area contributed by atoms with Gasteiger partial charge in [-0.05, 0) is 31.9 Å². The Morgan fingerprint density at radius 1 is 1.23 bits per heavy atom. The van der Waals surface area contributed by atoms with Crippen molar-refractivity contribution in [3.05, 3.63) is 41.5 Å². The van der Waals surface area contributed by atoms with Crippen molar-refractivity contribution in [1.29, 1.82) is 0 Å². The highest BCUT2D eigenvalue weighted by atomic mass is 32.2. The van der Waals surface area contributed by atoms with Gasteiger partial charge in [-0.25, -0.2) is 12.7 Å². The number of benzene rings is 1. The number of hydrogen-bond acceptors (Lipinski definition) is 8. The number of fused-ring (bicyclic) bond motifs is 1. The van der Waals surface area contributed by atoms with Gasteiger partial charge in [-0.15, -0.1) is 0 Å². The minimum Gasteiger partial charge on any atom is -0.481 e. The molecule has 3 rings (SSSR count). The van der Waals surface area contributed by atoms with Crippen molar-refractivity contribution in [2.75, 3.05) is 6.54 Å². The van der Waals surface area contributed by atoms with Crippen molar-refractivity contribution in [3.8, 4) is 0 Å². The fourth-order valence-electron chi connectivity index (χ4n) is 3.13. The molecule has 11 nitrogen and oxygen atoms in total. The van der Waals surface area contributed by atoms with E-state index in [1.54, 1.807) is 19.1 Å². The number of carbonyl (C=O) groups is 3. The van der Waals surface area contributed by atoms with Crippen molar-refractivity contribution in [2.24, 2.45) is 0 Å². The van der Waals surface area contributed by atoms with Crippen molar-refractivity contribution in [3.63, 3.8) is 0 Å². The molecule has 0 spiro atoms. The maximum absolute atomic E-state index is 12.5. The van der Waals surface area contributed by atoms with E-state index >= 15 is 0 Å². The summed E-state index contributed by atoms with van der Waals surface area (Å²) < 4.78 is 30.8. The van der Waals surface area contributed by atoms with E-state index < -0.39 is 27.9 Å². The third kappa shape index (κ3) is 5.08. The van der Waals surface area contributed by atoms with Crippen molar-refractivity contribution < 1.29 is 32.4 Å². The van der Waals surface area contributed by atoms with Crippen LogP contribution in [0.2, 0.25) is 0 Å². The summed E-state index contributed by atoms with van der Waals surface area (Å²) >= 11 is 0. The van der Waals surface area contributed by atoms with Crippen LogP contribution in [0.15, 0.2) is 33.7 Å². The average molecular weight is 450 g/mol. The minimum absolute atomic E-state index is 0.00351. The van der Waals surface area contributed by atoms with E-state index in [2.05, 4.69) is 15.5 Å². The summed E-state index contributed by atoms with van der Waals surface area (Å²) in [4.78, 5) is 39.1. The number of carbonyl (C=O) groups excluding carboxylic acids is 2. The molecule has 0 radical (unpaired) electrons. The van der Waals surface area contributed by atoms with Crippen LogP contribution in [0.5, 0.6) is 0 Å². The summed E-state index contributed by atoms with van der Waals surface area (Å²) in [5, 5.41) is 15.1. The number of aryl methyl sites for hydroxylation is 1. The monoisotopic (exact) mass is 450 g/mol. The van der Waals surface area contributed by atoms with E-state index in [4.69, 9.17) is 9.63 Å². The Labute approximate surface area is 178 Å². The Balaban J connectivity index is 1.44. The van der Waals surface area contributed by atoms with Crippen molar-refractivity contribution in [2.45, 2.75) is 50.0 Å². The van der Waals surface area contributed by atoms with Gasteiger partial charge < -0.3 is 14.9 Å². The fourth-order valence-corrected chi connectivity index (χ4v) is 4.74. The zero-order chi connectivity index (χ0) is 22.6. The van der Waals surface area contributed by atoms with Gasteiger partial charge in [0.2, 0.25) is 11.8 Å². The van der Waals surface area contributed by atoms with Gasteiger partial charge in [0.25, 0.3) is 15.9 Å². The van der Waals surface area contributed by atoms with E-state index in [1.165, 1.54) is 12.1 Å². The minimum atomic E-state index is -3.84. The summed E-state index contributed by atoms with van der Waals surface area (Å²) in [6.45, 7) is 1.66. The van der Waals surface area contributed by atoms with Crippen LogP contribution in [-0.2, 0) is 26.0 Å². The molecule has 1 aromatic heterocycles. The number of amides is 2. The Hall–Kier alpha value is -3.28. The van der Waals surface area contributed by atoms with E-state index in [9.17, 15) is 22.8 Å². The Morgan fingerprint density at radius 3 is 2.68 bits per heavy atom. The number of sulfonamides is 1. The summed E-state index contributed by atoms with van der Waals surface area (Å²) in [6.07, 6.45) is 0.809. The molecule has 2 N–H and O–H groups in total. The molecular weight excluding hydrogens is 428 g/mol. The molecule has 1 aliphatic rings. The molecule has 1 aromatic carbocycles. The molecule has 166 valence electrons. The van der Waals surface area contributed by atoms with E-state index in [0.717, 1.165) is 4.31 Å². The van der Waals surface area contributed by atoms with Gasteiger partial charge in [0.1, 0.15) is 4.90 Å². The van der Waals surface area contributed by atoms with E-state index in [0.29, 0.717) is 12.8 Å². The average Bonchev–Trinajstić information content (AvgIpc) is 3.27. The Morgan fingerprint density at radius 2 is 1.97 bits per heavy atom. The predicted octanol–water partition coefficient (Wildman–Crippen LogP) is 1.28. The molecule has 0 saturated heterocycles. The highest BCUT2D eigenvalue weighted by molar-refractivity contribution is 7.90. The molecule has 0 fully saturated rings. The maximum Gasteiger partial charge on any atom is 0.303 e. The molecule has 2 aromatic rings. The van der Waals surface area contributed by atoms with Crippen LogP contribution < -0.4 is 5.32 Å². The zero-order valence-corrected chi connectivity index (χ0v) is 17.6. The fraction of sp³-hybridized carbons (Fsp3) is 0.421. The maximum atomic E-state index is 12.5. The Kier molecular flexibility index (Phi) is 6.68. The second-order valence-corrected chi connectivity index (χ2v) is 8.90. The van der Waals surface area contributed by atoms with Gasteiger partial charge >= 0.3 is 5.97 Å². The topological polar surface area (TPSA) is 160 Å². The first-order chi connectivity index (χ1) is 14.7. The van der Waals surface area contributed by atoms with Gasteiger partial charge in [-0.1, -0.05) is 17.3 Å². The summed E-state index contributed by atoms with van der Waals surface area (Å²) in [6, 6.07) is 5.53. The standard InChI is InChI=1S/C19H22N4O7S/c1-12(18-21-16(30-22-18)9-10-17(25)26)20-15(24)8-4-5-11-23-19(27)13-6-2-3-7-14(13)31(23,28)29/h2-3,6-7,12H,4-5,8-11H2,1H3,(H,20,24)(H,25,26)/t12-/m0/s1. The number of nitrogens with zero attached hydrogens (tertiary/aromatic N) is 3. The van der Waals surface area contributed by atoms with Gasteiger partial charge in [-0.2, -0.15) is 4.98 Å². The molecular formula is C19H22N4O7S. The summed E-state index contributed by atoms with van der Waals surface area (Å²) in [7, 11) is -3.84. The van der Waals surface area contributed by atoms with Crippen molar-refractivity contribution >= 4 is 27.8 Å². The van der Waals surface area contributed by atoms with Crippen LogP contribution in [0.3, 0.4) is 0 Å². The summed E-state index contributed by atoms with van der Waals surface area (Å²) in [5.41, 5.74) is 0.164. The lowest BCUT2D eigenvalue weighted by molar-refractivity contribution is -0.137. The van der Waals surface area contributed by atoms with Crippen LogP contribution in [0, 0.1) is 0 Å². The van der Waals surface area contributed by atoms with Crippen molar-refractivity contribution in [1.82, 2.24) is 19.8 Å².